The number of carbonyl (C=O) groups is 1. The van der Waals surface area contributed by atoms with Crippen molar-refractivity contribution in [3.8, 4) is 0 Å². The van der Waals surface area contributed by atoms with Crippen LogP contribution in [-0.4, -0.2) is 62.4 Å². The van der Waals surface area contributed by atoms with E-state index in [1.165, 1.54) is 7.11 Å². The van der Waals surface area contributed by atoms with Crippen molar-refractivity contribution in [3.63, 3.8) is 0 Å². The lowest BCUT2D eigenvalue weighted by molar-refractivity contribution is -0.148. The van der Waals surface area contributed by atoms with Gasteiger partial charge in [-0.05, 0) is 34.2 Å². The fourth-order valence-electron chi connectivity index (χ4n) is 2.40. The second kappa shape index (κ2) is 6.50. The van der Waals surface area contributed by atoms with Gasteiger partial charge in [-0.2, -0.15) is 0 Å². The number of hydrogen-bond donors (Lipinski definition) is 1. The Kier molecular flexibility index (Phi) is 5.56. The van der Waals surface area contributed by atoms with Crippen LogP contribution in [0.2, 0.25) is 0 Å². The Balaban J connectivity index is 2.50. The van der Waals surface area contributed by atoms with Gasteiger partial charge in [-0.15, -0.1) is 0 Å². The summed E-state index contributed by atoms with van der Waals surface area (Å²) in [4.78, 5) is 14.1. The quantitative estimate of drug-likeness (QED) is 0.733. The number of hydrogen-bond acceptors (Lipinski definition) is 5. The highest BCUT2D eigenvalue weighted by Gasteiger charge is 2.33. The average molecular weight is 258 g/mol. The van der Waals surface area contributed by atoms with Crippen molar-refractivity contribution in [1.82, 2.24) is 10.2 Å². The summed E-state index contributed by atoms with van der Waals surface area (Å²) in [7, 11) is 3.22. The number of carbonyl (C=O) groups excluding carboxylic acids is 1. The number of morpholine rings is 1. The van der Waals surface area contributed by atoms with Crippen molar-refractivity contribution < 1.29 is 14.3 Å². The molecule has 0 aromatic rings. The predicted octanol–water partition coefficient (Wildman–Crippen LogP) is 0.637. The maximum Gasteiger partial charge on any atom is 0.325 e. The number of ether oxygens (including phenoxy) is 2. The Hall–Kier alpha value is -0.650. The van der Waals surface area contributed by atoms with E-state index in [4.69, 9.17) is 9.47 Å². The van der Waals surface area contributed by atoms with E-state index in [0.717, 1.165) is 26.1 Å². The summed E-state index contributed by atoms with van der Waals surface area (Å²) in [5, 5.41) is 3.06. The number of esters is 1. The third-order valence-corrected chi connectivity index (χ3v) is 3.61. The van der Waals surface area contributed by atoms with Gasteiger partial charge in [0.2, 0.25) is 0 Å². The van der Waals surface area contributed by atoms with E-state index < -0.39 is 5.54 Å². The van der Waals surface area contributed by atoms with Crippen molar-refractivity contribution in [2.75, 3.05) is 33.8 Å². The summed E-state index contributed by atoms with van der Waals surface area (Å²) in [6, 6.07) is 0. The van der Waals surface area contributed by atoms with E-state index in [0.29, 0.717) is 0 Å². The molecule has 0 spiro atoms. The zero-order valence-electron chi connectivity index (χ0n) is 12.2. The van der Waals surface area contributed by atoms with Gasteiger partial charge in [0.05, 0.1) is 19.3 Å². The van der Waals surface area contributed by atoms with Gasteiger partial charge in [-0.1, -0.05) is 0 Å². The van der Waals surface area contributed by atoms with Crippen LogP contribution in [0.25, 0.3) is 0 Å². The molecule has 1 N–H and O–H groups in total. The molecule has 1 heterocycles. The molecule has 1 saturated heterocycles. The Morgan fingerprint density at radius 3 is 2.44 bits per heavy atom. The van der Waals surface area contributed by atoms with Crippen molar-refractivity contribution >= 4 is 5.97 Å². The Morgan fingerprint density at radius 2 is 2.00 bits per heavy atom. The molecule has 1 aliphatic rings. The van der Waals surface area contributed by atoms with Crippen molar-refractivity contribution in [2.45, 2.75) is 44.9 Å². The first kappa shape index (κ1) is 15.4. The Morgan fingerprint density at radius 1 is 1.44 bits per heavy atom. The molecule has 3 atom stereocenters. The predicted molar refractivity (Wildman–Crippen MR) is 70.5 cm³/mol. The van der Waals surface area contributed by atoms with Gasteiger partial charge >= 0.3 is 5.97 Å². The SMILES string of the molecule is CNC(C)(CCN1C[C@@H](C)O[C@@H](C)C1)C(=O)OC. The topological polar surface area (TPSA) is 50.8 Å². The zero-order valence-corrected chi connectivity index (χ0v) is 12.2. The molecule has 1 unspecified atom stereocenters. The molecule has 5 heteroatoms. The monoisotopic (exact) mass is 258 g/mol. The number of rotatable bonds is 5. The lowest BCUT2D eigenvalue weighted by Gasteiger charge is -2.37. The van der Waals surface area contributed by atoms with Gasteiger partial charge in [0, 0.05) is 19.6 Å². The highest BCUT2D eigenvalue weighted by atomic mass is 16.5. The largest absolute Gasteiger partial charge is 0.468 e. The summed E-state index contributed by atoms with van der Waals surface area (Å²) in [6.07, 6.45) is 1.25. The molecule has 0 saturated carbocycles. The minimum absolute atomic E-state index is 0.209. The first-order chi connectivity index (χ1) is 8.41. The Labute approximate surface area is 110 Å². The number of methoxy groups -OCH3 is 1. The molecule has 5 nitrogen and oxygen atoms in total. The van der Waals surface area contributed by atoms with Crippen molar-refractivity contribution in [1.29, 1.82) is 0 Å². The number of likely N-dealkylation sites (N-methyl/N-ethyl adjacent to an activating group) is 1. The van der Waals surface area contributed by atoms with E-state index in [1.54, 1.807) is 7.05 Å². The van der Waals surface area contributed by atoms with Gasteiger partial charge in [0.25, 0.3) is 0 Å². The minimum Gasteiger partial charge on any atom is -0.468 e. The van der Waals surface area contributed by atoms with Crippen LogP contribution in [0.4, 0.5) is 0 Å². The minimum atomic E-state index is -0.612. The first-order valence-corrected chi connectivity index (χ1v) is 6.56. The lowest BCUT2D eigenvalue weighted by Crippen LogP contribution is -2.52. The number of nitrogens with zero attached hydrogens (tertiary/aromatic N) is 1. The van der Waals surface area contributed by atoms with Crippen LogP contribution in [0.5, 0.6) is 0 Å². The fraction of sp³-hybridized carbons (Fsp3) is 0.923. The van der Waals surface area contributed by atoms with E-state index >= 15 is 0 Å². The van der Waals surface area contributed by atoms with Crippen LogP contribution in [0.3, 0.4) is 0 Å². The van der Waals surface area contributed by atoms with Crippen LogP contribution in [0.15, 0.2) is 0 Å². The molecule has 1 aliphatic heterocycles. The molecule has 1 fully saturated rings. The van der Waals surface area contributed by atoms with Crippen LogP contribution in [0.1, 0.15) is 27.2 Å². The van der Waals surface area contributed by atoms with Gasteiger partial charge in [0.15, 0.2) is 0 Å². The van der Waals surface area contributed by atoms with E-state index in [1.807, 2.05) is 6.92 Å². The fourth-order valence-corrected chi connectivity index (χ4v) is 2.40. The first-order valence-electron chi connectivity index (χ1n) is 6.56. The summed E-state index contributed by atoms with van der Waals surface area (Å²) < 4.78 is 10.5. The molecule has 0 bridgehead atoms. The molecule has 0 aliphatic carbocycles. The van der Waals surface area contributed by atoms with Crippen LogP contribution in [-0.2, 0) is 14.3 Å². The molecule has 18 heavy (non-hydrogen) atoms. The maximum atomic E-state index is 11.7. The molecule has 0 radical (unpaired) electrons. The third kappa shape index (κ3) is 3.93. The maximum absolute atomic E-state index is 11.7. The van der Waals surface area contributed by atoms with Crippen LogP contribution >= 0.6 is 0 Å². The van der Waals surface area contributed by atoms with Crippen LogP contribution in [0, 0.1) is 0 Å². The van der Waals surface area contributed by atoms with Gasteiger partial charge < -0.3 is 14.8 Å². The molecule has 0 aromatic carbocycles. The Bertz CT molecular complexity index is 275. The molecular formula is C13H26N2O3. The van der Waals surface area contributed by atoms with Crippen LogP contribution < -0.4 is 5.32 Å². The highest BCUT2D eigenvalue weighted by Crippen LogP contribution is 2.16. The molecule has 0 amide bonds. The standard InChI is InChI=1S/C13H26N2O3/c1-10-8-15(9-11(2)18-10)7-6-13(3,14-4)12(16)17-5/h10-11,14H,6-9H2,1-5H3/t10-,11+,13?. The molecular weight excluding hydrogens is 232 g/mol. The van der Waals surface area contributed by atoms with Crippen molar-refractivity contribution in [3.05, 3.63) is 0 Å². The summed E-state index contributed by atoms with van der Waals surface area (Å²) in [5.41, 5.74) is -0.612. The summed E-state index contributed by atoms with van der Waals surface area (Å²) in [6.45, 7) is 8.76. The highest BCUT2D eigenvalue weighted by molar-refractivity contribution is 5.80. The van der Waals surface area contributed by atoms with E-state index in [9.17, 15) is 4.79 Å². The van der Waals surface area contributed by atoms with Gasteiger partial charge in [-0.3, -0.25) is 9.69 Å². The second-order valence-electron chi connectivity index (χ2n) is 5.34. The molecule has 106 valence electrons. The lowest BCUT2D eigenvalue weighted by atomic mass is 9.97. The zero-order chi connectivity index (χ0) is 13.8. The van der Waals surface area contributed by atoms with E-state index in [2.05, 4.69) is 24.1 Å². The smallest absolute Gasteiger partial charge is 0.325 e. The van der Waals surface area contributed by atoms with Crippen molar-refractivity contribution in [2.24, 2.45) is 0 Å². The molecule has 0 aromatic heterocycles. The molecule has 1 rings (SSSR count). The van der Waals surface area contributed by atoms with E-state index in [-0.39, 0.29) is 18.2 Å². The summed E-state index contributed by atoms with van der Waals surface area (Å²) >= 11 is 0. The average Bonchev–Trinajstić information content (AvgIpc) is 2.33. The van der Waals surface area contributed by atoms with Gasteiger partial charge in [-0.25, -0.2) is 0 Å². The van der Waals surface area contributed by atoms with Gasteiger partial charge in [0.1, 0.15) is 5.54 Å². The summed E-state index contributed by atoms with van der Waals surface area (Å²) in [5.74, 6) is -0.209. The number of nitrogens with one attached hydrogen (secondary N) is 1. The third-order valence-electron chi connectivity index (χ3n) is 3.61. The second-order valence-corrected chi connectivity index (χ2v) is 5.34. The normalized spacial score (nSPS) is 28.7.